The van der Waals surface area contributed by atoms with Crippen LogP contribution in [-0.4, -0.2) is 89.0 Å². The Morgan fingerprint density at radius 2 is 2.03 bits per heavy atom. The van der Waals surface area contributed by atoms with Gasteiger partial charge in [-0.25, -0.2) is 4.98 Å². The molecule has 3 amide bonds. The van der Waals surface area contributed by atoms with E-state index >= 15 is 0 Å². The maximum atomic E-state index is 13.1. The number of anilines is 2. The molecular formula is C26H33N5O4S3. The van der Waals surface area contributed by atoms with E-state index < -0.39 is 0 Å². The zero-order valence-electron chi connectivity index (χ0n) is 21.7. The highest BCUT2D eigenvalue weighted by Gasteiger charge is 2.27. The average molecular weight is 576 g/mol. The predicted molar refractivity (Wildman–Crippen MR) is 156 cm³/mol. The number of nitrogens with zero attached hydrogens (tertiary/aromatic N) is 4. The summed E-state index contributed by atoms with van der Waals surface area (Å²) in [5, 5.41) is 5.73. The van der Waals surface area contributed by atoms with Gasteiger partial charge in [0.1, 0.15) is 10.0 Å². The first kappa shape index (κ1) is 28.5. The molecule has 12 heteroatoms. The molecule has 2 aliphatic heterocycles. The predicted octanol–water partition coefficient (Wildman–Crippen LogP) is 3.82. The lowest BCUT2D eigenvalue weighted by molar-refractivity contribution is -0.130. The van der Waals surface area contributed by atoms with Crippen LogP contribution in [0.25, 0.3) is 0 Å². The number of thiazole rings is 1. The van der Waals surface area contributed by atoms with E-state index in [9.17, 15) is 14.4 Å². The Hall–Kier alpha value is -2.54. The van der Waals surface area contributed by atoms with E-state index in [2.05, 4.69) is 22.1 Å². The van der Waals surface area contributed by atoms with Crippen LogP contribution in [-0.2, 0) is 14.3 Å². The number of nitrogens with one attached hydrogen (secondary N) is 1. The lowest BCUT2D eigenvalue weighted by atomic mass is 10.0. The van der Waals surface area contributed by atoms with Crippen molar-refractivity contribution in [3.63, 3.8) is 0 Å². The summed E-state index contributed by atoms with van der Waals surface area (Å²) < 4.78 is 6.00. The molecule has 1 aromatic carbocycles. The first-order valence-corrected chi connectivity index (χ1v) is 15.0. The normalized spacial score (nSPS) is 16.6. The molecule has 204 valence electrons. The number of rotatable bonds is 11. The molecule has 3 heterocycles. The number of aromatic nitrogens is 1. The fourth-order valence-electron chi connectivity index (χ4n) is 4.40. The molecule has 2 fully saturated rings. The van der Waals surface area contributed by atoms with E-state index in [0.717, 1.165) is 42.3 Å². The Labute approximate surface area is 236 Å². The summed E-state index contributed by atoms with van der Waals surface area (Å²) in [6.45, 7) is 5.88. The van der Waals surface area contributed by atoms with E-state index in [-0.39, 0.29) is 30.1 Å². The first-order valence-electron chi connectivity index (χ1n) is 12.8. The van der Waals surface area contributed by atoms with E-state index in [1.807, 2.05) is 24.3 Å². The molecule has 0 spiro atoms. The molecule has 9 nitrogen and oxygen atoms in total. The summed E-state index contributed by atoms with van der Waals surface area (Å²) in [7, 11) is 1.78. The van der Waals surface area contributed by atoms with E-state index in [1.165, 1.54) is 28.0 Å². The number of carbonyl (C=O) groups excluding carboxylic acids is 3. The van der Waals surface area contributed by atoms with Crippen molar-refractivity contribution in [3.8, 4) is 0 Å². The molecule has 1 aromatic heterocycles. The van der Waals surface area contributed by atoms with Gasteiger partial charge in [0.05, 0.1) is 35.3 Å². The van der Waals surface area contributed by atoms with Crippen LogP contribution < -0.4 is 10.2 Å². The molecule has 2 aromatic rings. The SMILES string of the molecule is CCC(CCN(C)C(=O)CCN1C(=O)CSC1=S)c1nc(C(=O)Nc2ccccc2N2CCOCC2)cs1. The number of hydrogen-bond acceptors (Lipinski definition) is 9. The van der Waals surface area contributed by atoms with Gasteiger partial charge in [0.25, 0.3) is 5.91 Å². The van der Waals surface area contributed by atoms with E-state index in [1.54, 1.807) is 17.3 Å². The highest BCUT2D eigenvalue weighted by Crippen LogP contribution is 2.29. The van der Waals surface area contributed by atoms with Crippen molar-refractivity contribution < 1.29 is 19.1 Å². The van der Waals surface area contributed by atoms with Crippen molar-refractivity contribution in [2.45, 2.75) is 32.1 Å². The quantitative estimate of drug-likeness (QED) is 0.404. The molecular weight excluding hydrogens is 543 g/mol. The Kier molecular flexibility index (Phi) is 10.1. The first-order chi connectivity index (χ1) is 18.4. The minimum atomic E-state index is -0.233. The van der Waals surface area contributed by atoms with Gasteiger partial charge in [-0.05, 0) is 25.0 Å². The van der Waals surface area contributed by atoms with Gasteiger partial charge in [-0.3, -0.25) is 19.3 Å². The monoisotopic (exact) mass is 575 g/mol. The van der Waals surface area contributed by atoms with Crippen LogP contribution in [0, 0.1) is 0 Å². The molecule has 0 aliphatic carbocycles. The molecule has 1 N–H and O–H groups in total. The highest BCUT2D eigenvalue weighted by molar-refractivity contribution is 8.23. The van der Waals surface area contributed by atoms with Crippen molar-refractivity contribution in [3.05, 3.63) is 40.3 Å². The third-order valence-electron chi connectivity index (χ3n) is 6.73. The van der Waals surface area contributed by atoms with Crippen molar-refractivity contribution >= 4 is 68.7 Å². The van der Waals surface area contributed by atoms with Gasteiger partial charge in [0, 0.05) is 50.9 Å². The van der Waals surface area contributed by atoms with Crippen LogP contribution in [0.5, 0.6) is 0 Å². The van der Waals surface area contributed by atoms with Crippen LogP contribution in [0.1, 0.15) is 47.6 Å². The molecule has 1 atom stereocenters. The van der Waals surface area contributed by atoms with Crippen LogP contribution in [0.15, 0.2) is 29.6 Å². The second kappa shape index (κ2) is 13.5. The summed E-state index contributed by atoms with van der Waals surface area (Å²) in [6, 6.07) is 7.79. The second-order valence-corrected chi connectivity index (χ2v) is 11.7. The summed E-state index contributed by atoms with van der Waals surface area (Å²) in [6.07, 6.45) is 1.83. The standard InChI is InChI=1S/C26H33N5O4S3/c1-3-18(8-10-29(2)22(32)9-11-31-23(33)17-38-26(31)36)25-28-20(16-37-25)24(34)27-19-6-4-5-7-21(19)30-12-14-35-15-13-30/h4-7,16,18H,3,8-15,17H2,1-2H3,(H,27,34). The number of carbonyl (C=O) groups is 3. The van der Waals surface area contributed by atoms with Gasteiger partial charge in [-0.2, -0.15) is 0 Å². The Morgan fingerprint density at radius 1 is 1.26 bits per heavy atom. The van der Waals surface area contributed by atoms with Crippen LogP contribution in [0.2, 0.25) is 0 Å². The summed E-state index contributed by atoms with van der Waals surface area (Å²) in [5.41, 5.74) is 2.14. The lowest BCUT2D eigenvalue weighted by Crippen LogP contribution is -2.36. The van der Waals surface area contributed by atoms with Gasteiger partial charge in [-0.15, -0.1) is 11.3 Å². The summed E-state index contributed by atoms with van der Waals surface area (Å²) in [5.74, 6) is 0.208. The van der Waals surface area contributed by atoms with Crippen LogP contribution in [0.4, 0.5) is 11.4 Å². The lowest BCUT2D eigenvalue weighted by Gasteiger charge is -2.30. The fourth-order valence-corrected chi connectivity index (χ4v) is 6.54. The average Bonchev–Trinajstić information content (AvgIpc) is 3.55. The molecule has 0 bridgehead atoms. The van der Waals surface area contributed by atoms with Crippen molar-refractivity contribution in [2.75, 3.05) is 62.4 Å². The van der Waals surface area contributed by atoms with Crippen LogP contribution >= 0.6 is 35.3 Å². The largest absolute Gasteiger partial charge is 0.378 e. The minimum Gasteiger partial charge on any atom is -0.378 e. The third kappa shape index (κ3) is 7.10. The topological polar surface area (TPSA) is 95.1 Å². The molecule has 2 saturated heterocycles. The van der Waals surface area contributed by atoms with Crippen molar-refractivity contribution in [1.82, 2.24) is 14.8 Å². The van der Waals surface area contributed by atoms with Crippen molar-refractivity contribution in [1.29, 1.82) is 0 Å². The van der Waals surface area contributed by atoms with Gasteiger partial charge >= 0.3 is 0 Å². The zero-order valence-corrected chi connectivity index (χ0v) is 24.1. The highest BCUT2D eigenvalue weighted by atomic mass is 32.2. The Bertz CT molecular complexity index is 1150. The van der Waals surface area contributed by atoms with E-state index in [0.29, 0.717) is 42.1 Å². The summed E-state index contributed by atoms with van der Waals surface area (Å²) in [4.78, 5) is 47.6. The molecule has 1 unspecified atom stereocenters. The third-order valence-corrected chi connectivity index (χ3v) is 9.17. The van der Waals surface area contributed by atoms with Gasteiger partial charge in [0.15, 0.2) is 0 Å². The van der Waals surface area contributed by atoms with Gasteiger partial charge in [-0.1, -0.05) is 43.0 Å². The molecule has 0 saturated carbocycles. The van der Waals surface area contributed by atoms with Gasteiger partial charge in [0.2, 0.25) is 11.8 Å². The maximum Gasteiger partial charge on any atom is 0.275 e. The number of hydrogen-bond donors (Lipinski definition) is 1. The number of thioether (sulfide) groups is 1. The molecule has 0 radical (unpaired) electrons. The summed E-state index contributed by atoms with van der Waals surface area (Å²) >= 11 is 8.01. The molecule has 38 heavy (non-hydrogen) atoms. The Balaban J connectivity index is 1.30. The van der Waals surface area contributed by atoms with Crippen molar-refractivity contribution in [2.24, 2.45) is 0 Å². The van der Waals surface area contributed by atoms with Gasteiger partial charge < -0.3 is 19.9 Å². The zero-order chi connectivity index (χ0) is 27.1. The number of ether oxygens (including phenoxy) is 1. The smallest absolute Gasteiger partial charge is 0.275 e. The van der Waals surface area contributed by atoms with Crippen LogP contribution in [0.3, 0.4) is 0 Å². The van der Waals surface area contributed by atoms with E-state index in [4.69, 9.17) is 17.0 Å². The Morgan fingerprint density at radius 3 is 2.74 bits per heavy atom. The minimum absolute atomic E-state index is 0.0227. The number of benzene rings is 1. The number of thiocarbonyl (C=S) groups is 1. The number of para-hydroxylation sites is 2. The molecule has 4 rings (SSSR count). The fraction of sp³-hybridized carbons (Fsp3) is 0.500. The maximum absolute atomic E-state index is 13.1. The number of amides is 3. The number of morpholine rings is 1. The second-order valence-electron chi connectivity index (χ2n) is 9.20. The molecule has 2 aliphatic rings.